The number of amides is 1. The van der Waals surface area contributed by atoms with E-state index in [2.05, 4.69) is 9.64 Å². The summed E-state index contributed by atoms with van der Waals surface area (Å²) in [7, 11) is 0. The first kappa shape index (κ1) is 19.6. The third-order valence-electron chi connectivity index (χ3n) is 4.14. The zero-order valence-corrected chi connectivity index (χ0v) is 15.5. The van der Waals surface area contributed by atoms with Crippen LogP contribution in [0.3, 0.4) is 0 Å². The van der Waals surface area contributed by atoms with Crippen LogP contribution in [0, 0.1) is 0 Å². The van der Waals surface area contributed by atoms with Gasteiger partial charge in [0.15, 0.2) is 0 Å². The van der Waals surface area contributed by atoms with Crippen molar-refractivity contribution in [2.24, 2.45) is 0 Å². The molecule has 0 radical (unpaired) electrons. The molecular weight excluding hydrogens is 404 g/mol. The van der Waals surface area contributed by atoms with Crippen LogP contribution < -0.4 is 9.64 Å². The topological polar surface area (TPSA) is 32.8 Å². The number of anilines is 1. The van der Waals surface area contributed by atoms with Gasteiger partial charge in [0, 0.05) is 41.9 Å². The van der Waals surface area contributed by atoms with Gasteiger partial charge in [0.2, 0.25) is 0 Å². The van der Waals surface area contributed by atoms with Crippen LogP contribution >= 0.6 is 23.2 Å². The molecule has 1 amide bonds. The van der Waals surface area contributed by atoms with E-state index in [1.165, 1.54) is 17.0 Å². The fourth-order valence-electron chi connectivity index (χ4n) is 2.89. The summed E-state index contributed by atoms with van der Waals surface area (Å²) in [4.78, 5) is 16.3. The molecule has 3 rings (SSSR count). The monoisotopic (exact) mass is 418 g/mol. The quantitative estimate of drug-likeness (QED) is 0.713. The number of carbonyl (C=O) groups is 1. The fourth-order valence-corrected chi connectivity index (χ4v) is 3.25. The highest BCUT2D eigenvalue weighted by atomic mass is 35.5. The van der Waals surface area contributed by atoms with Gasteiger partial charge in [-0.2, -0.15) is 0 Å². The lowest BCUT2D eigenvalue weighted by atomic mass is 10.1. The maximum atomic E-state index is 12.7. The van der Waals surface area contributed by atoms with Gasteiger partial charge in [-0.25, -0.2) is 0 Å². The first-order valence-electron chi connectivity index (χ1n) is 8.08. The van der Waals surface area contributed by atoms with E-state index in [0.717, 1.165) is 11.8 Å². The molecule has 0 unspecified atom stereocenters. The van der Waals surface area contributed by atoms with Crippen molar-refractivity contribution >= 4 is 34.8 Å². The Morgan fingerprint density at radius 1 is 0.963 bits per heavy atom. The van der Waals surface area contributed by atoms with Crippen LogP contribution in [0.5, 0.6) is 5.75 Å². The van der Waals surface area contributed by atoms with Gasteiger partial charge in [-0.15, -0.1) is 13.2 Å². The molecule has 0 aromatic heterocycles. The second kappa shape index (κ2) is 7.86. The Bertz CT molecular complexity index is 838. The van der Waals surface area contributed by atoms with Gasteiger partial charge in [-0.1, -0.05) is 29.3 Å². The van der Waals surface area contributed by atoms with Crippen molar-refractivity contribution < 1.29 is 22.7 Å². The van der Waals surface area contributed by atoms with Crippen molar-refractivity contribution in [3.8, 4) is 5.75 Å². The van der Waals surface area contributed by atoms with Crippen molar-refractivity contribution in [2.75, 3.05) is 31.1 Å². The standard InChI is InChI=1S/C18H15Cl2F3N2O2/c19-12-2-1-3-14(10-12)24-6-8-25(9-7-24)17(26)15-11-13(20)4-5-16(15)27-18(21,22)23/h1-5,10-11H,6-9H2. The minimum Gasteiger partial charge on any atom is -0.405 e. The molecule has 2 aromatic carbocycles. The summed E-state index contributed by atoms with van der Waals surface area (Å²) in [5.74, 6) is -1.11. The molecule has 0 N–H and O–H groups in total. The van der Waals surface area contributed by atoms with Gasteiger partial charge >= 0.3 is 6.36 Å². The number of hydrogen-bond donors (Lipinski definition) is 0. The highest BCUT2D eigenvalue weighted by Crippen LogP contribution is 2.30. The predicted octanol–water partition coefficient (Wildman–Crippen LogP) is 4.85. The molecule has 1 fully saturated rings. The average molecular weight is 419 g/mol. The summed E-state index contributed by atoms with van der Waals surface area (Å²) in [6.07, 6.45) is -4.89. The molecular formula is C18H15Cl2F3N2O2. The molecule has 0 spiro atoms. The van der Waals surface area contributed by atoms with Gasteiger partial charge in [-0.05, 0) is 36.4 Å². The number of hydrogen-bond acceptors (Lipinski definition) is 3. The SMILES string of the molecule is O=C(c1cc(Cl)ccc1OC(F)(F)F)N1CCN(c2cccc(Cl)c2)CC1. The lowest BCUT2D eigenvalue weighted by Crippen LogP contribution is -2.48. The van der Waals surface area contributed by atoms with Crippen LogP contribution in [-0.4, -0.2) is 43.3 Å². The summed E-state index contributed by atoms with van der Waals surface area (Å²) in [5, 5.41) is 0.768. The molecule has 1 heterocycles. The highest BCUT2D eigenvalue weighted by molar-refractivity contribution is 6.31. The molecule has 0 aliphatic carbocycles. The first-order chi connectivity index (χ1) is 12.7. The predicted molar refractivity (Wildman–Crippen MR) is 97.7 cm³/mol. The van der Waals surface area contributed by atoms with E-state index >= 15 is 0 Å². The van der Waals surface area contributed by atoms with Crippen molar-refractivity contribution in [1.82, 2.24) is 4.90 Å². The lowest BCUT2D eigenvalue weighted by molar-refractivity contribution is -0.274. The average Bonchev–Trinajstić information content (AvgIpc) is 2.62. The van der Waals surface area contributed by atoms with Crippen LogP contribution in [0.4, 0.5) is 18.9 Å². The summed E-state index contributed by atoms with van der Waals surface area (Å²) in [5.41, 5.74) is 0.717. The lowest BCUT2D eigenvalue weighted by Gasteiger charge is -2.36. The molecule has 2 aromatic rings. The molecule has 1 saturated heterocycles. The smallest absolute Gasteiger partial charge is 0.405 e. The molecule has 4 nitrogen and oxygen atoms in total. The van der Waals surface area contributed by atoms with Crippen molar-refractivity contribution in [3.63, 3.8) is 0 Å². The Labute approximate surface area is 164 Å². The van der Waals surface area contributed by atoms with Crippen LogP contribution in [0.1, 0.15) is 10.4 Å². The Morgan fingerprint density at radius 3 is 2.26 bits per heavy atom. The van der Waals surface area contributed by atoms with E-state index < -0.39 is 18.0 Å². The number of ether oxygens (including phenoxy) is 1. The zero-order valence-electron chi connectivity index (χ0n) is 14.0. The number of nitrogens with zero attached hydrogens (tertiary/aromatic N) is 2. The number of benzene rings is 2. The van der Waals surface area contributed by atoms with Crippen molar-refractivity contribution in [3.05, 3.63) is 58.1 Å². The first-order valence-corrected chi connectivity index (χ1v) is 8.83. The molecule has 0 atom stereocenters. The van der Waals surface area contributed by atoms with Crippen LogP contribution in [-0.2, 0) is 0 Å². The number of piperazine rings is 1. The second-order valence-corrected chi connectivity index (χ2v) is 6.82. The van der Waals surface area contributed by atoms with Gasteiger partial charge in [0.25, 0.3) is 5.91 Å². The van der Waals surface area contributed by atoms with E-state index in [1.807, 2.05) is 18.2 Å². The summed E-state index contributed by atoms with van der Waals surface area (Å²) in [6, 6.07) is 10.8. The number of halogens is 5. The number of alkyl halides is 3. The molecule has 27 heavy (non-hydrogen) atoms. The molecule has 1 aliphatic heterocycles. The highest BCUT2D eigenvalue weighted by Gasteiger charge is 2.34. The van der Waals surface area contributed by atoms with E-state index in [-0.39, 0.29) is 10.6 Å². The maximum absolute atomic E-state index is 12.7. The van der Waals surface area contributed by atoms with Gasteiger partial charge < -0.3 is 14.5 Å². The van der Waals surface area contributed by atoms with Crippen LogP contribution in [0.2, 0.25) is 10.0 Å². The van der Waals surface area contributed by atoms with E-state index in [9.17, 15) is 18.0 Å². The Kier molecular flexibility index (Phi) is 5.72. The Balaban J connectivity index is 1.73. The van der Waals surface area contributed by atoms with Gasteiger partial charge in [-0.3, -0.25) is 4.79 Å². The molecule has 0 saturated carbocycles. The maximum Gasteiger partial charge on any atom is 0.573 e. The van der Waals surface area contributed by atoms with Gasteiger partial charge in [0.05, 0.1) is 5.56 Å². The Morgan fingerprint density at radius 2 is 1.63 bits per heavy atom. The molecule has 1 aliphatic rings. The van der Waals surface area contributed by atoms with Crippen LogP contribution in [0.15, 0.2) is 42.5 Å². The summed E-state index contributed by atoms with van der Waals surface area (Å²) >= 11 is 11.9. The molecule has 9 heteroatoms. The van der Waals surface area contributed by atoms with E-state index in [1.54, 1.807) is 6.07 Å². The van der Waals surface area contributed by atoms with Gasteiger partial charge in [0.1, 0.15) is 5.75 Å². The number of carbonyl (C=O) groups excluding carboxylic acids is 1. The van der Waals surface area contributed by atoms with E-state index in [0.29, 0.717) is 31.2 Å². The minimum atomic E-state index is -4.89. The van der Waals surface area contributed by atoms with Crippen molar-refractivity contribution in [1.29, 1.82) is 0 Å². The Hall–Kier alpha value is -2.12. The van der Waals surface area contributed by atoms with Crippen molar-refractivity contribution in [2.45, 2.75) is 6.36 Å². The second-order valence-electron chi connectivity index (χ2n) is 5.95. The number of rotatable bonds is 3. The summed E-state index contributed by atoms with van der Waals surface area (Å²) in [6.45, 7) is 1.76. The normalized spacial score (nSPS) is 15.0. The summed E-state index contributed by atoms with van der Waals surface area (Å²) < 4.78 is 41.8. The fraction of sp³-hybridized carbons (Fsp3) is 0.278. The largest absolute Gasteiger partial charge is 0.573 e. The van der Waals surface area contributed by atoms with E-state index in [4.69, 9.17) is 23.2 Å². The molecule has 144 valence electrons. The third-order valence-corrected chi connectivity index (χ3v) is 4.61. The zero-order chi connectivity index (χ0) is 19.6. The van der Waals surface area contributed by atoms with Crippen LogP contribution in [0.25, 0.3) is 0 Å². The third kappa shape index (κ3) is 4.99. The minimum absolute atomic E-state index is 0.158. The molecule has 0 bridgehead atoms.